The SMILES string of the molecule is COc1cc(-c2nncn2C)ccc1NC1=NC(N)(C2CCCCC2)c2c(n[nH]c2-c2cnn(C)c2)N1. The molecule has 4 heterocycles. The number of fused-ring (bicyclic) bond motifs is 1. The van der Waals surface area contributed by atoms with E-state index in [1.165, 1.54) is 6.42 Å². The van der Waals surface area contributed by atoms with E-state index in [2.05, 4.69) is 36.1 Å². The molecule has 1 atom stereocenters. The van der Waals surface area contributed by atoms with Crippen LogP contribution in [0.25, 0.3) is 22.6 Å². The second-order valence-corrected chi connectivity index (χ2v) is 9.78. The van der Waals surface area contributed by atoms with Crippen molar-refractivity contribution in [2.75, 3.05) is 17.7 Å². The summed E-state index contributed by atoms with van der Waals surface area (Å²) >= 11 is 0. The largest absolute Gasteiger partial charge is 0.495 e. The van der Waals surface area contributed by atoms with Gasteiger partial charge < -0.3 is 25.7 Å². The van der Waals surface area contributed by atoms with E-state index in [0.29, 0.717) is 17.5 Å². The fourth-order valence-corrected chi connectivity index (χ4v) is 5.47. The second-order valence-electron chi connectivity index (χ2n) is 9.78. The topological polar surface area (TPSA) is 149 Å². The van der Waals surface area contributed by atoms with Gasteiger partial charge in [-0.2, -0.15) is 10.2 Å². The van der Waals surface area contributed by atoms with Gasteiger partial charge in [0.05, 0.1) is 30.3 Å². The van der Waals surface area contributed by atoms with Gasteiger partial charge in [-0.15, -0.1) is 10.2 Å². The lowest BCUT2D eigenvalue weighted by Crippen LogP contribution is -2.48. The number of aliphatic imine (C=N–C) groups is 1. The Kier molecular flexibility index (Phi) is 5.67. The van der Waals surface area contributed by atoms with Gasteiger partial charge in [-0.25, -0.2) is 4.99 Å². The minimum absolute atomic E-state index is 0.187. The summed E-state index contributed by atoms with van der Waals surface area (Å²) in [4.78, 5) is 5.10. The number of anilines is 2. The maximum Gasteiger partial charge on any atom is 0.203 e. The Morgan fingerprint density at radius 1 is 1.16 bits per heavy atom. The number of aryl methyl sites for hydroxylation is 2. The van der Waals surface area contributed by atoms with Crippen LogP contribution in [0.1, 0.15) is 37.7 Å². The number of aromatic nitrogens is 7. The number of hydrogen-bond donors (Lipinski definition) is 4. The molecule has 0 amide bonds. The van der Waals surface area contributed by atoms with Gasteiger partial charge in [0.15, 0.2) is 11.6 Å². The van der Waals surface area contributed by atoms with Crippen LogP contribution in [0.5, 0.6) is 5.75 Å². The van der Waals surface area contributed by atoms with E-state index in [0.717, 1.165) is 59.6 Å². The lowest BCUT2D eigenvalue weighted by atomic mass is 9.76. The third-order valence-corrected chi connectivity index (χ3v) is 7.35. The van der Waals surface area contributed by atoms with Gasteiger partial charge >= 0.3 is 0 Å². The highest BCUT2D eigenvalue weighted by atomic mass is 16.5. The van der Waals surface area contributed by atoms with E-state index in [1.807, 2.05) is 49.3 Å². The third kappa shape index (κ3) is 4.02. The number of guanidine groups is 1. The molecule has 1 fully saturated rings. The fraction of sp³-hybridized carbons (Fsp3) is 0.400. The second kappa shape index (κ2) is 9.04. The number of H-pyrrole nitrogens is 1. The first-order chi connectivity index (χ1) is 18.0. The summed E-state index contributed by atoms with van der Waals surface area (Å²) in [5, 5.41) is 27.0. The van der Waals surface area contributed by atoms with Crippen LogP contribution < -0.4 is 21.1 Å². The van der Waals surface area contributed by atoms with Crippen LogP contribution in [-0.2, 0) is 19.8 Å². The van der Waals surface area contributed by atoms with Crippen molar-refractivity contribution in [2.45, 2.75) is 37.8 Å². The van der Waals surface area contributed by atoms with Gasteiger partial charge in [-0.05, 0) is 31.0 Å². The first-order valence-electron chi connectivity index (χ1n) is 12.5. The van der Waals surface area contributed by atoms with Crippen LogP contribution in [0, 0.1) is 5.92 Å². The maximum absolute atomic E-state index is 7.25. The number of hydrogen-bond acceptors (Lipinski definition) is 9. The minimum atomic E-state index is -0.951. The molecule has 192 valence electrons. The number of nitrogens with two attached hydrogens (primary N) is 1. The first-order valence-corrected chi connectivity index (χ1v) is 12.5. The minimum Gasteiger partial charge on any atom is -0.495 e. The Hall–Kier alpha value is -4.19. The molecule has 12 nitrogen and oxygen atoms in total. The Labute approximate surface area is 214 Å². The molecule has 0 radical (unpaired) electrons. The van der Waals surface area contributed by atoms with Gasteiger partial charge in [-0.3, -0.25) is 9.78 Å². The van der Waals surface area contributed by atoms with E-state index in [9.17, 15) is 0 Å². The van der Waals surface area contributed by atoms with E-state index < -0.39 is 5.66 Å². The van der Waals surface area contributed by atoms with Crippen LogP contribution in [0.2, 0.25) is 0 Å². The van der Waals surface area contributed by atoms with Crippen molar-refractivity contribution in [3.63, 3.8) is 0 Å². The zero-order chi connectivity index (χ0) is 25.6. The van der Waals surface area contributed by atoms with Crippen LogP contribution in [0.15, 0.2) is 41.9 Å². The summed E-state index contributed by atoms with van der Waals surface area (Å²) in [5.41, 5.74) is 10.6. The molecule has 12 heteroatoms. The van der Waals surface area contributed by atoms with Crippen molar-refractivity contribution < 1.29 is 4.74 Å². The smallest absolute Gasteiger partial charge is 0.203 e. The van der Waals surface area contributed by atoms with Crippen LogP contribution in [-0.4, -0.2) is 47.8 Å². The highest BCUT2D eigenvalue weighted by molar-refractivity contribution is 6.06. The van der Waals surface area contributed by atoms with Gasteiger partial charge in [-0.1, -0.05) is 19.3 Å². The summed E-state index contributed by atoms with van der Waals surface area (Å²) in [7, 11) is 5.44. The van der Waals surface area contributed by atoms with Crippen molar-refractivity contribution in [1.82, 2.24) is 34.7 Å². The molecule has 37 heavy (non-hydrogen) atoms. The summed E-state index contributed by atoms with van der Waals surface area (Å²) in [6.45, 7) is 0. The molecule has 4 aromatic rings. The summed E-state index contributed by atoms with van der Waals surface area (Å²) in [5.74, 6) is 2.77. The van der Waals surface area contributed by atoms with Gasteiger partial charge in [0.2, 0.25) is 5.96 Å². The van der Waals surface area contributed by atoms with Crippen molar-refractivity contribution in [1.29, 1.82) is 0 Å². The lowest BCUT2D eigenvalue weighted by molar-refractivity contribution is 0.214. The monoisotopic (exact) mass is 501 g/mol. The number of nitrogens with zero attached hydrogens (tertiary/aromatic N) is 7. The number of ether oxygens (including phenoxy) is 1. The molecule has 2 aliphatic rings. The molecule has 0 bridgehead atoms. The Bertz CT molecular complexity index is 1460. The normalized spacial score (nSPS) is 19.7. The quantitative estimate of drug-likeness (QED) is 0.326. The zero-order valence-electron chi connectivity index (χ0n) is 21.2. The van der Waals surface area contributed by atoms with Crippen molar-refractivity contribution in [2.24, 2.45) is 30.7 Å². The fourth-order valence-electron chi connectivity index (χ4n) is 5.47. The number of nitrogens with one attached hydrogen (secondary N) is 3. The molecule has 1 saturated carbocycles. The average Bonchev–Trinajstić information content (AvgIpc) is 3.65. The lowest BCUT2D eigenvalue weighted by Gasteiger charge is -2.39. The molecule has 1 aromatic carbocycles. The molecule has 1 aliphatic carbocycles. The predicted octanol–water partition coefficient (Wildman–Crippen LogP) is 3.20. The molecular weight excluding hydrogens is 470 g/mol. The van der Waals surface area contributed by atoms with E-state index in [4.69, 9.17) is 15.5 Å². The van der Waals surface area contributed by atoms with Gasteiger partial charge in [0.1, 0.15) is 17.7 Å². The highest BCUT2D eigenvalue weighted by Gasteiger charge is 2.45. The van der Waals surface area contributed by atoms with Gasteiger partial charge in [0, 0.05) is 37.3 Å². The Morgan fingerprint density at radius 3 is 2.70 bits per heavy atom. The number of rotatable bonds is 5. The van der Waals surface area contributed by atoms with Crippen LogP contribution in [0.3, 0.4) is 0 Å². The molecule has 5 N–H and O–H groups in total. The highest BCUT2D eigenvalue weighted by Crippen LogP contribution is 2.46. The maximum atomic E-state index is 7.25. The first kappa shape index (κ1) is 23.2. The molecule has 1 unspecified atom stereocenters. The number of benzene rings is 1. The Morgan fingerprint density at radius 2 is 2.00 bits per heavy atom. The standard InChI is InChI=1S/C25H31N11O/c1-35-14-27-34-23(35)15-9-10-18(19(11-15)37-3)29-24-30-22-20(21(32-33-22)16-12-28-36(2)13-16)25(26,31-24)17-7-5-4-6-8-17/h9-14,17H,4-8,26H2,1-3H3,(H3,29,30,31,32,33). The van der Waals surface area contributed by atoms with Gasteiger partial charge in [0.25, 0.3) is 0 Å². The van der Waals surface area contributed by atoms with E-state index in [-0.39, 0.29) is 5.92 Å². The van der Waals surface area contributed by atoms with E-state index in [1.54, 1.807) is 18.1 Å². The summed E-state index contributed by atoms with van der Waals surface area (Å²) in [6.07, 6.45) is 11.0. The number of aromatic amines is 1. The molecule has 6 rings (SSSR count). The van der Waals surface area contributed by atoms with Crippen molar-refractivity contribution in [3.8, 4) is 28.4 Å². The van der Waals surface area contributed by atoms with Crippen molar-refractivity contribution >= 4 is 17.5 Å². The summed E-state index contributed by atoms with van der Waals surface area (Å²) < 4.78 is 9.33. The Balaban J connectivity index is 1.38. The van der Waals surface area contributed by atoms with Crippen LogP contribution in [0.4, 0.5) is 11.5 Å². The van der Waals surface area contributed by atoms with E-state index >= 15 is 0 Å². The van der Waals surface area contributed by atoms with Crippen molar-refractivity contribution in [3.05, 3.63) is 42.5 Å². The molecule has 1 aliphatic heterocycles. The molecule has 0 spiro atoms. The third-order valence-electron chi connectivity index (χ3n) is 7.35. The molecular formula is C25H31N11O. The van der Waals surface area contributed by atoms with Crippen LogP contribution >= 0.6 is 0 Å². The summed E-state index contributed by atoms with van der Waals surface area (Å²) in [6, 6.07) is 5.83. The zero-order valence-corrected chi connectivity index (χ0v) is 21.2. The molecule has 3 aromatic heterocycles. The predicted molar refractivity (Wildman–Crippen MR) is 141 cm³/mol. The average molecular weight is 502 g/mol. The number of methoxy groups -OCH3 is 1. The molecule has 0 saturated heterocycles.